The molecule has 7 heteroatoms. The van der Waals surface area contributed by atoms with Gasteiger partial charge in [-0.2, -0.15) is 0 Å². The predicted octanol–water partition coefficient (Wildman–Crippen LogP) is -0.367. The molecule has 0 aromatic rings. The van der Waals surface area contributed by atoms with Crippen LogP contribution < -0.4 is 5.32 Å². The van der Waals surface area contributed by atoms with Gasteiger partial charge in [-0.25, -0.2) is 0 Å². The van der Waals surface area contributed by atoms with Crippen LogP contribution in [0.15, 0.2) is 0 Å². The average Bonchev–Trinajstić information content (AvgIpc) is 1.81. The minimum atomic E-state index is -4.09. The lowest BCUT2D eigenvalue weighted by Gasteiger charge is -2.03. The van der Waals surface area contributed by atoms with Gasteiger partial charge in [-0.3, -0.25) is 9.36 Å². The van der Waals surface area contributed by atoms with E-state index in [1.54, 1.807) is 0 Å². The molecule has 0 saturated heterocycles. The Morgan fingerprint density at radius 3 is 2.40 bits per heavy atom. The Kier molecular flexibility index (Phi) is 4.12. The highest BCUT2D eigenvalue weighted by molar-refractivity contribution is 9.09. The van der Waals surface area contributed by atoms with Gasteiger partial charge in [0.1, 0.15) is 6.29 Å². The van der Waals surface area contributed by atoms with Gasteiger partial charge in [0.25, 0.3) is 0 Å². The molecule has 0 aromatic carbocycles. The molecule has 0 aliphatic carbocycles. The Morgan fingerprint density at radius 1 is 1.60 bits per heavy atom. The molecular formula is C3H7BrNO4P. The van der Waals surface area contributed by atoms with Gasteiger partial charge in [0.15, 0.2) is 0 Å². The lowest BCUT2D eigenvalue weighted by Crippen LogP contribution is -2.25. The first-order valence-electron chi connectivity index (χ1n) is 2.33. The third-order valence-corrected chi connectivity index (χ3v) is 1.68. The predicted molar refractivity (Wildman–Crippen MR) is 38.8 cm³/mol. The molecule has 10 heavy (non-hydrogen) atoms. The molecule has 0 aliphatic heterocycles. The molecule has 0 aromatic heterocycles. The zero-order valence-electron chi connectivity index (χ0n) is 4.95. The standard InChI is InChI=1S/C3H7BrNO4P/c4-1-3(6)5-2-10(7,8)9/h1-2H2,(H,5,6)(H2,7,8,9). The van der Waals surface area contributed by atoms with Crippen LogP contribution in [-0.4, -0.2) is 27.3 Å². The largest absolute Gasteiger partial charge is 0.344 e. The Hall–Kier alpha value is 0.1000. The first-order chi connectivity index (χ1) is 4.45. The van der Waals surface area contributed by atoms with Crippen LogP contribution >= 0.6 is 23.5 Å². The Labute approximate surface area is 66.1 Å². The number of hydrogen-bond acceptors (Lipinski definition) is 2. The van der Waals surface area contributed by atoms with E-state index in [9.17, 15) is 9.36 Å². The Balaban J connectivity index is 3.56. The van der Waals surface area contributed by atoms with E-state index < -0.39 is 19.8 Å². The average molecular weight is 232 g/mol. The van der Waals surface area contributed by atoms with Crippen molar-refractivity contribution in [2.45, 2.75) is 0 Å². The normalized spacial score (nSPS) is 11.1. The zero-order valence-corrected chi connectivity index (χ0v) is 7.43. The number of rotatable bonds is 3. The van der Waals surface area contributed by atoms with Crippen LogP contribution in [-0.2, 0) is 9.36 Å². The molecule has 0 bridgehead atoms. The minimum Gasteiger partial charge on any atom is -0.344 e. The summed E-state index contributed by atoms with van der Waals surface area (Å²) >= 11 is 2.82. The fraction of sp³-hybridized carbons (Fsp3) is 0.667. The van der Waals surface area contributed by atoms with Crippen molar-refractivity contribution in [3.05, 3.63) is 0 Å². The van der Waals surface area contributed by atoms with Gasteiger partial charge in [0, 0.05) is 0 Å². The molecule has 0 aliphatic rings. The van der Waals surface area contributed by atoms with Crippen molar-refractivity contribution in [3.63, 3.8) is 0 Å². The number of hydrogen-bond donors (Lipinski definition) is 3. The van der Waals surface area contributed by atoms with Crippen LogP contribution in [0.1, 0.15) is 0 Å². The number of nitrogens with one attached hydrogen (secondary N) is 1. The summed E-state index contributed by atoms with van der Waals surface area (Å²) in [5, 5.41) is 2.07. The van der Waals surface area contributed by atoms with Gasteiger partial charge in [-0.1, -0.05) is 15.9 Å². The SMILES string of the molecule is O=C(CBr)NCP(=O)(O)O. The molecule has 0 spiro atoms. The van der Waals surface area contributed by atoms with Crippen molar-refractivity contribution in [2.24, 2.45) is 0 Å². The molecule has 0 saturated carbocycles. The summed E-state index contributed by atoms with van der Waals surface area (Å²) in [6, 6.07) is 0. The lowest BCUT2D eigenvalue weighted by molar-refractivity contribution is -0.118. The highest BCUT2D eigenvalue weighted by Crippen LogP contribution is 2.31. The smallest absolute Gasteiger partial charge is 0.344 e. The molecule has 1 amide bonds. The van der Waals surface area contributed by atoms with E-state index in [1.807, 2.05) is 5.32 Å². The van der Waals surface area contributed by atoms with Gasteiger partial charge in [-0.15, -0.1) is 0 Å². The van der Waals surface area contributed by atoms with Crippen LogP contribution in [0.5, 0.6) is 0 Å². The quantitative estimate of drug-likeness (QED) is 0.457. The molecular weight excluding hydrogens is 225 g/mol. The Morgan fingerprint density at radius 2 is 2.10 bits per heavy atom. The molecule has 0 heterocycles. The zero-order chi connectivity index (χ0) is 8.20. The molecule has 0 rings (SSSR count). The van der Waals surface area contributed by atoms with E-state index in [-0.39, 0.29) is 5.33 Å². The highest BCUT2D eigenvalue weighted by atomic mass is 79.9. The summed E-state index contributed by atoms with van der Waals surface area (Å²) in [6.45, 7) is 0. The van der Waals surface area contributed by atoms with Gasteiger partial charge in [-0.05, 0) is 0 Å². The molecule has 5 nitrogen and oxygen atoms in total. The van der Waals surface area contributed by atoms with Gasteiger partial charge < -0.3 is 15.1 Å². The van der Waals surface area contributed by atoms with Crippen LogP contribution in [0.25, 0.3) is 0 Å². The third-order valence-electron chi connectivity index (χ3n) is 0.604. The van der Waals surface area contributed by atoms with Crippen LogP contribution in [0, 0.1) is 0 Å². The number of carbonyl (C=O) groups is 1. The summed E-state index contributed by atoms with van der Waals surface area (Å²) in [4.78, 5) is 26.8. The first-order valence-corrected chi connectivity index (χ1v) is 5.25. The maximum absolute atomic E-state index is 10.4. The van der Waals surface area contributed by atoms with Crippen molar-refractivity contribution >= 4 is 29.4 Å². The second kappa shape index (κ2) is 4.08. The molecule has 0 atom stereocenters. The summed E-state index contributed by atoms with van der Waals surface area (Å²) < 4.78 is 10.1. The number of alkyl halides is 1. The van der Waals surface area contributed by atoms with Crippen molar-refractivity contribution in [2.75, 3.05) is 11.6 Å². The molecule has 3 N–H and O–H groups in total. The van der Waals surface area contributed by atoms with Crippen molar-refractivity contribution < 1.29 is 19.1 Å². The second-order valence-corrected chi connectivity index (χ2v) is 3.76. The van der Waals surface area contributed by atoms with E-state index in [0.29, 0.717) is 0 Å². The second-order valence-electron chi connectivity index (χ2n) is 1.56. The van der Waals surface area contributed by atoms with Crippen LogP contribution in [0.4, 0.5) is 0 Å². The monoisotopic (exact) mass is 231 g/mol. The molecule has 0 fully saturated rings. The summed E-state index contributed by atoms with van der Waals surface area (Å²) in [5.74, 6) is -0.441. The first kappa shape index (κ1) is 10.1. The van der Waals surface area contributed by atoms with E-state index >= 15 is 0 Å². The summed E-state index contributed by atoms with van der Waals surface area (Å²) in [5.41, 5.74) is 0. The van der Waals surface area contributed by atoms with E-state index in [4.69, 9.17) is 9.79 Å². The molecule has 60 valence electrons. The number of carbonyl (C=O) groups excluding carboxylic acids is 1. The highest BCUT2D eigenvalue weighted by Gasteiger charge is 2.12. The van der Waals surface area contributed by atoms with Crippen molar-refractivity contribution in [1.82, 2.24) is 5.32 Å². The number of amides is 1. The van der Waals surface area contributed by atoms with Crippen LogP contribution in [0.3, 0.4) is 0 Å². The number of halogens is 1. The maximum Gasteiger partial charge on any atom is 0.344 e. The van der Waals surface area contributed by atoms with Gasteiger partial charge in [0.05, 0.1) is 5.33 Å². The van der Waals surface area contributed by atoms with Crippen LogP contribution in [0.2, 0.25) is 0 Å². The van der Waals surface area contributed by atoms with E-state index in [0.717, 1.165) is 0 Å². The van der Waals surface area contributed by atoms with Gasteiger partial charge >= 0.3 is 7.60 Å². The summed E-state index contributed by atoms with van der Waals surface area (Å²) in [7, 11) is -4.09. The lowest BCUT2D eigenvalue weighted by atomic mass is 10.7. The topological polar surface area (TPSA) is 86.6 Å². The third kappa shape index (κ3) is 6.22. The van der Waals surface area contributed by atoms with Crippen molar-refractivity contribution in [1.29, 1.82) is 0 Å². The fourth-order valence-electron chi connectivity index (χ4n) is 0.238. The molecule has 0 radical (unpaired) electrons. The van der Waals surface area contributed by atoms with Crippen molar-refractivity contribution in [3.8, 4) is 0 Å². The Bertz CT molecular complexity index is 166. The minimum absolute atomic E-state index is 0.0486. The van der Waals surface area contributed by atoms with E-state index in [2.05, 4.69) is 15.9 Å². The maximum atomic E-state index is 10.4. The summed E-state index contributed by atoms with van der Waals surface area (Å²) in [6.07, 6.45) is -0.600. The molecule has 0 unspecified atom stereocenters. The fourth-order valence-corrected chi connectivity index (χ4v) is 0.819. The van der Waals surface area contributed by atoms with E-state index in [1.165, 1.54) is 0 Å². The van der Waals surface area contributed by atoms with Gasteiger partial charge in [0.2, 0.25) is 5.91 Å².